The van der Waals surface area contributed by atoms with Gasteiger partial charge in [-0.15, -0.1) is 11.6 Å². The summed E-state index contributed by atoms with van der Waals surface area (Å²) in [5.74, 6) is 0.262. The Balaban J connectivity index is 2.41. The zero-order valence-electron chi connectivity index (χ0n) is 11.7. The Morgan fingerprint density at radius 3 is 2.67 bits per heavy atom. The van der Waals surface area contributed by atoms with Crippen molar-refractivity contribution in [1.82, 2.24) is 19.3 Å². The van der Waals surface area contributed by atoms with Crippen LogP contribution in [0.5, 0.6) is 0 Å². The Kier molecular flexibility index (Phi) is 3.42. The van der Waals surface area contributed by atoms with Crippen molar-refractivity contribution in [1.29, 1.82) is 0 Å². The zero-order chi connectivity index (χ0) is 15.3. The fourth-order valence-electron chi connectivity index (χ4n) is 2.46. The maximum absolute atomic E-state index is 13.3. The third-order valence-corrected chi connectivity index (χ3v) is 3.83. The number of nitrogens with zero attached hydrogens (tertiary/aromatic N) is 4. The maximum Gasteiger partial charge on any atom is 0.163 e. The molecule has 0 N–H and O–H groups in total. The van der Waals surface area contributed by atoms with E-state index < -0.39 is 0 Å². The lowest BCUT2D eigenvalue weighted by molar-refractivity contribution is 0.627. The van der Waals surface area contributed by atoms with Crippen LogP contribution < -0.4 is 0 Å². The number of hydrogen-bond donors (Lipinski definition) is 0. The van der Waals surface area contributed by atoms with Gasteiger partial charge in [0.1, 0.15) is 17.2 Å². The van der Waals surface area contributed by atoms with Crippen molar-refractivity contribution in [3.8, 4) is 5.69 Å². The van der Waals surface area contributed by atoms with Gasteiger partial charge in [0, 0.05) is 7.05 Å². The van der Waals surface area contributed by atoms with Crippen molar-refractivity contribution >= 4 is 34.4 Å². The first-order valence-corrected chi connectivity index (χ1v) is 7.23. The van der Waals surface area contributed by atoms with E-state index in [0.717, 1.165) is 16.9 Å². The smallest absolute Gasteiger partial charge is 0.163 e. The molecule has 0 aliphatic carbocycles. The maximum atomic E-state index is 13.3. The van der Waals surface area contributed by atoms with Crippen LogP contribution >= 0.6 is 23.2 Å². The van der Waals surface area contributed by atoms with Gasteiger partial charge in [-0.05, 0) is 32.0 Å². The molecule has 0 saturated heterocycles. The molecule has 7 heteroatoms. The number of benzene rings is 1. The highest BCUT2D eigenvalue weighted by atomic mass is 35.5. The molecule has 0 saturated carbocycles. The predicted molar refractivity (Wildman–Crippen MR) is 81.8 cm³/mol. The van der Waals surface area contributed by atoms with Gasteiger partial charge >= 0.3 is 0 Å². The van der Waals surface area contributed by atoms with Crippen LogP contribution in [0.25, 0.3) is 16.9 Å². The first-order chi connectivity index (χ1) is 9.90. The number of aromatic nitrogens is 4. The van der Waals surface area contributed by atoms with E-state index in [0.29, 0.717) is 16.5 Å². The van der Waals surface area contributed by atoms with Crippen molar-refractivity contribution in [3.63, 3.8) is 0 Å². The van der Waals surface area contributed by atoms with Crippen LogP contribution in [0.15, 0.2) is 18.2 Å². The van der Waals surface area contributed by atoms with Gasteiger partial charge in [-0.1, -0.05) is 11.6 Å². The third kappa shape index (κ3) is 2.21. The van der Waals surface area contributed by atoms with Gasteiger partial charge in [-0.3, -0.25) is 4.57 Å². The molecule has 0 spiro atoms. The van der Waals surface area contributed by atoms with Crippen LogP contribution in [0.4, 0.5) is 4.39 Å². The van der Waals surface area contributed by atoms with Crippen molar-refractivity contribution in [3.05, 3.63) is 40.6 Å². The number of imidazole rings is 1. The van der Waals surface area contributed by atoms with Crippen molar-refractivity contribution in [2.24, 2.45) is 7.05 Å². The highest BCUT2D eigenvalue weighted by molar-refractivity contribution is 6.32. The lowest BCUT2D eigenvalue weighted by Gasteiger charge is -2.12. The van der Waals surface area contributed by atoms with E-state index in [2.05, 4.69) is 10.1 Å². The van der Waals surface area contributed by atoms with Gasteiger partial charge in [-0.25, -0.2) is 14.1 Å². The summed E-state index contributed by atoms with van der Waals surface area (Å²) < 4.78 is 16.8. The first-order valence-electron chi connectivity index (χ1n) is 6.41. The fourth-order valence-corrected chi connectivity index (χ4v) is 2.85. The molecule has 1 atom stereocenters. The first kappa shape index (κ1) is 14.4. The van der Waals surface area contributed by atoms with E-state index in [9.17, 15) is 4.39 Å². The van der Waals surface area contributed by atoms with Gasteiger partial charge in [-0.2, -0.15) is 5.10 Å². The molecule has 21 heavy (non-hydrogen) atoms. The molecule has 0 aliphatic rings. The molecule has 0 bridgehead atoms. The Morgan fingerprint density at radius 2 is 2.05 bits per heavy atom. The zero-order valence-corrected chi connectivity index (χ0v) is 13.2. The van der Waals surface area contributed by atoms with Crippen LogP contribution in [-0.4, -0.2) is 19.3 Å². The molecule has 1 unspecified atom stereocenters. The summed E-state index contributed by atoms with van der Waals surface area (Å²) in [5, 5.41) is 4.33. The summed E-state index contributed by atoms with van der Waals surface area (Å²) >= 11 is 12.4. The Morgan fingerprint density at radius 1 is 1.33 bits per heavy atom. The van der Waals surface area contributed by atoms with Crippen LogP contribution in [0, 0.1) is 12.7 Å². The molecule has 0 radical (unpaired) electrons. The standard InChI is InChI=1S/C14H13Cl2FN4/c1-7(15)13-18-12-8(2)19-20(3)14(12)21(13)11-5-4-9(17)6-10(11)16/h4-7H,1-3H3. The van der Waals surface area contributed by atoms with Gasteiger partial charge in [0.15, 0.2) is 5.65 Å². The molecule has 4 nitrogen and oxygen atoms in total. The van der Waals surface area contributed by atoms with E-state index in [-0.39, 0.29) is 11.2 Å². The molecular weight excluding hydrogens is 314 g/mol. The van der Waals surface area contributed by atoms with E-state index in [4.69, 9.17) is 23.2 Å². The van der Waals surface area contributed by atoms with Gasteiger partial charge in [0.25, 0.3) is 0 Å². The van der Waals surface area contributed by atoms with Gasteiger partial charge < -0.3 is 0 Å². The number of alkyl halides is 1. The van der Waals surface area contributed by atoms with Crippen LogP contribution in [-0.2, 0) is 7.05 Å². The highest BCUT2D eigenvalue weighted by Crippen LogP contribution is 2.32. The minimum atomic E-state index is -0.387. The van der Waals surface area contributed by atoms with Crippen molar-refractivity contribution in [2.75, 3.05) is 0 Å². The van der Waals surface area contributed by atoms with Crippen LogP contribution in [0.3, 0.4) is 0 Å². The average molecular weight is 327 g/mol. The van der Waals surface area contributed by atoms with Gasteiger partial charge in [0.2, 0.25) is 0 Å². The number of fused-ring (bicyclic) bond motifs is 1. The molecule has 110 valence electrons. The average Bonchev–Trinajstić information content (AvgIpc) is 2.90. The summed E-state index contributed by atoms with van der Waals surface area (Å²) in [7, 11) is 1.83. The Bertz CT molecular complexity index is 835. The molecule has 2 heterocycles. The number of rotatable bonds is 2. The predicted octanol–water partition coefficient (Wildman–Crippen LogP) is 4.16. The largest absolute Gasteiger partial charge is 0.278 e. The molecule has 0 aliphatic heterocycles. The monoisotopic (exact) mass is 326 g/mol. The summed E-state index contributed by atoms with van der Waals surface area (Å²) in [6, 6.07) is 4.25. The molecule has 3 rings (SSSR count). The number of hydrogen-bond acceptors (Lipinski definition) is 2. The van der Waals surface area contributed by atoms with E-state index in [1.54, 1.807) is 10.7 Å². The molecule has 1 aromatic carbocycles. The Labute approximate surface area is 131 Å². The van der Waals surface area contributed by atoms with Crippen LogP contribution in [0.1, 0.15) is 23.8 Å². The molecule has 2 aromatic heterocycles. The summed E-state index contributed by atoms with van der Waals surface area (Å²) in [4.78, 5) is 4.57. The SMILES string of the molecule is Cc1nn(C)c2c1nc(C(C)Cl)n2-c1ccc(F)cc1Cl. The minimum Gasteiger partial charge on any atom is -0.278 e. The fraction of sp³-hybridized carbons (Fsp3) is 0.286. The van der Waals surface area contributed by atoms with E-state index >= 15 is 0 Å². The van der Waals surface area contributed by atoms with Crippen molar-refractivity contribution in [2.45, 2.75) is 19.2 Å². The molecule has 0 fully saturated rings. The topological polar surface area (TPSA) is 35.6 Å². The van der Waals surface area contributed by atoms with Crippen LogP contribution in [0.2, 0.25) is 5.02 Å². The lowest BCUT2D eigenvalue weighted by Crippen LogP contribution is -2.06. The number of halogens is 3. The summed E-state index contributed by atoms with van der Waals surface area (Å²) in [5.41, 5.74) is 2.98. The lowest BCUT2D eigenvalue weighted by atomic mass is 10.3. The molecular formula is C14H13Cl2FN4. The van der Waals surface area contributed by atoms with Gasteiger partial charge in [0.05, 0.1) is 21.8 Å². The Hall–Kier alpha value is -1.59. The minimum absolute atomic E-state index is 0.298. The molecule has 0 amide bonds. The second-order valence-corrected chi connectivity index (χ2v) is 5.96. The van der Waals surface area contributed by atoms with E-state index in [1.165, 1.54) is 12.1 Å². The normalized spacial score (nSPS) is 13.0. The third-order valence-electron chi connectivity index (χ3n) is 3.33. The second-order valence-electron chi connectivity index (χ2n) is 4.90. The quantitative estimate of drug-likeness (QED) is 0.663. The summed E-state index contributed by atoms with van der Waals surface area (Å²) in [6.45, 7) is 3.72. The van der Waals surface area contributed by atoms with Crippen molar-refractivity contribution < 1.29 is 4.39 Å². The van der Waals surface area contributed by atoms with E-state index in [1.807, 2.05) is 25.5 Å². The highest BCUT2D eigenvalue weighted by Gasteiger charge is 2.22. The second kappa shape index (κ2) is 5.00. The number of aryl methyl sites for hydroxylation is 2. The molecule has 3 aromatic rings. The summed E-state index contributed by atoms with van der Waals surface area (Å²) in [6.07, 6.45) is 0.